The molecule has 1 heterocycles. The molecule has 1 aromatic carbocycles. The van der Waals surface area contributed by atoms with Crippen LogP contribution in [0.4, 0.5) is 0 Å². The van der Waals surface area contributed by atoms with Gasteiger partial charge in [0.05, 0.1) is 5.56 Å². The third kappa shape index (κ3) is 1.37. The van der Waals surface area contributed by atoms with E-state index in [4.69, 9.17) is 9.84 Å². The zero-order valence-electron chi connectivity index (χ0n) is 7.28. The van der Waals surface area contributed by atoms with E-state index in [9.17, 15) is 4.79 Å². The zero-order chi connectivity index (χ0) is 9.42. The van der Waals surface area contributed by atoms with E-state index in [1.165, 1.54) is 0 Å². The highest BCUT2D eigenvalue weighted by molar-refractivity contribution is 5.88. The highest BCUT2D eigenvalue weighted by atomic mass is 16.5. The molecule has 0 saturated heterocycles. The molecule has 0 amide bonds. The minimum Gasteiger partial charge on any atom is -0.490 e. The lowest BCUT2D eigenvalue weighted by molar-refractivity contribution is 0.0696. The van der Waals surface area contributed by atoms with Gasteiger partial charge in [0.25, 0.3) is 0 Å². The molecular weight excluding hydrogens is 168 g/mol. The predicted molar refractivity (Wildman–Crippen MR) is 47.2 cm³/mol. The second-order valence-electron chi connectivity index (χ2n) is 3.26. The Morgan fingerprint density at radius 1 is 1.62 bits per heavy atom. The molecule has 1 aliphatic heterocycles. The third-order valence-electron chi connectivity index (χ3n) is 2.15. The Bertz CT molecular complexity index is 357. The molecule has 1 unspecified atom stereocenters. The molecule has 68 valence electrons. The molecule has 0 spiro atoms. The molecule has 1 atom stereocenters. The Hall–Kier alpha value is -1.51. The first kappa shape index (κ1) is 8.10. The fourth-order valence-electron chi connectivity index (χ4n) is 1.53. The van der Waals surface area contributed by atoms with Crippen LogP contribution < -0.4 is 4.74 Å². The summed E-state index contributed by atoms with van der Waals surface area (Å²) >= 11 is 0. The van der Waals surface area contributed by atoms with Crippen LogP contribution >= 0.6 is 0 Å². The summed E-state index contributed by atoms with van der Waals surface area (Å²) in [6.07, 6.45) is 1.04. The third-order valence-corrected chi connectivity index (χ3v) is 2.15. The lowest BCUT2D eigenvalue weighted by Crippen LogP contribution is -2.05. The quantitative estimate of drug-likeness (QED) is 0.712. The van der Waals surface area contributed by atoms with Gasteiger partial charge in [-0.1, -0.05) is 6.07 Å². The number of fused-ring (bicyclic) bond motifs is 1. The van der Waals surface area contributed by atoms with Gasteiger partial charge in [0.15, 0.2) is 0 Å². The van der Waals surface area contributed by atoms with Gasteiger partial charge in [0.1, 0.15) is 11.9 Å². The maximum atomic E-state index is 10.6. The molecular formula is C10H10O3. The smallest absolute Gasteiger partial charge is 0.335 e. The standard InChI is InChI=1S/C10H10O3/c1-6-4-7-2-3-8(10(11)12)5-9(7)13-6/h2-3,5-6H,4H2,1H3,(H,11,12). The van der Waals surface area contributed by atoms with Crippen LogP contribution in [0.15, 0.2) is 18.2 Å². The van der Waals surface area contributed by atoms with Crippen LogP contribution in [0, 0.1) is 0 Å². The molecule has 0 aromatic heterocycles. The molecule has 13 heavy (non-hydrogen) atoms. The van der Waals surface area contributed by atoms with Crippen molar-refractivity contribution in [1.82, 2.24) is 0 Å². The first-order valence-electron chi connectivity index (χ1n) is 4.19. The summed E-state index contributed by atoms with van der Waals surface area (Å²) in [6, 6.07) is 5.02. The molecule has 3 heteroatoms. The van der Waals surface area contributed by atoms with Crippen LogP contribution in [-0.2, 0) is 6.42 Å². The van der Waals surface area contributed by atoms with E-state index < -0.39 is 5.97 Å². The minimum absolute atomic E-state index is 0.166. The Kier molecular flexibility index (Phi) is 1.72. The lowest BCUT2D eigenvalue weighted by Gasteiger charge is -2.02. The fraction of sp³-hybridized carbons (Fsp3) is 0.300. The number of rotatable bonds is 1. The van der Waals surface area contributed by atoms with E-state index in [-0.39, 0.29) is 11.7 Å². The van der Waals surface area contributed by atoms with Gasteiger partial charge in [-0.05, 0) is 24.6 Å². The van der Waals surface area contributed by atoms with E-state index in [0.29, 0.717) is 5.75 Å². The number of ether oxygens (including phenoxy) is 1. The summed E-state index contributed by atoms with van der Waals surface area (Å²) in [5, 5.41) is 8.73. The normalized spacial score (nSPS) is 19.3. The highest BCUT2D eigenvalue weighted by Gasteiger charge is 2.19. The van der Waals surface area contributed by atoms with Crippen molar-refractivity contribution < 1.29 is 14.6 Å². The van der Waals surface area contributed by atoms with Crippen molar-refractivity contribution in [2.24, 2.45) is 0 Å². The van der Waals surface area contributed by atoms with Gasteiger partial charge in [0.2, 0.25) is 0 Å². The molecule has 1 aliphatic rings. The number of carboxylic acid groups (broad SMARTS) is 1. The van der Waals surface area contributed by atoms with Gasteiger partial charge in [-0.2, -0.15) is 0 Å². The van der Waals surface area contributed by atoms with Crippen LogP contribution in [0.2, 0.25) is 0 Å². The predicted octanol–water partition coefficient (Wildman–Crippen LogP) is 1.71. The van der Waals surface area contributed by atoms with Crippen LogP contribution in [0.3, 0.4) is 0 Å². The first-order valence-corrected chi connectivity index (χ1v) is 4.19. The molecule has 1 N–H and O–H groups in total. The van der Waals surface area contributed by atoms with Gasteiger partial charge < -0.3 is 9.84 Å². The van der Waals surface area contributed by atoms with E-state index in [1.807, 2.05) is 13.0 Å². The molecule has 0 aliphatic carbocycles. The Labute approximate surface area is 76.0 Å². The maximum Gasteiger partial charge on any atom is 0.335 e. The molecule has 2 rings (SSSR count). The topological polar surface area (TPSA) is 46.5 Å². The van der Waals surface area contributed by atoms with Crippen molar-refractivity contribution in [3.05, 3.63) is 29.3 Å². The second-order valence-corrected chi connectivity index (χ2v) is 3.26. The summed E-state index contributed by atoms with van der Waals surface area (Å²) in [7, 11) is 0. The van der Waals surface area contributed by atoms with Gasteiger partial charge >= 0.3 is 5.97 Å². The van der Waals surface area contributed by atoms with E-state index in [0.717, 1.165) is 12.0 Å². The first-order chi connectivity index (χ1) is 6.16. The largest absolute Gasteiger partial charge is 0.490 e. The van der Waals surface area contributed by atoms with E-state index in [1.54, 1.807) is 12.1 Å². The SMILES string of the molecule is CC1Cc2ccc(C(=O)O)cc2O1. The van der Waals surface area contributed by atoms with Gasteiger partial charge in [0, 0.05) is 6.42 Å². The van der Waals surface area contributed by atoms with Crippen LogP contribution in [0.25, 0.3) is 0 Å². The lowest BCUT2D eigenvalue weighted by atomic mass is 10.1. The Morgan fingerprint density at radius 3 is 3.08 bits per heavy atom. The summed E-state index contributed by atoms with van der Waals surface area (Å²) in [5.41, 5.74) is 1.38. The summed E-state index contributed by atoms with van der Waals surface area (Å²) < 4.78 is 5.43. The van der Waals surface area contributed by atoms with Crippen LogP contribution in [0.5, 0.6) is 5.75 Å². The molecule has 1 aromatic rings. The number of aromatic carboxylic acids is 1. The number of hydrogen-bond acceptors (Lipinski definition) is 2. The number of carbonyl (C=O) groups is 1. The van der Waals surface area contributed by atoms with Crippen molar-refractivity contribution in [1.29, 1.82) is 0 Å². The molecule has 0 radical (unpaired) electrons. The Balaban J connectivity index is 2.40. The van der Waals surface area contributed by atoms with Crippen molar-refractivity contribution >= 4 is 5.97 Å². The summed E-state index contributed by atoms with van der Waals surface area (Å²) in [6.45, 7) is 1.97. The Morgan fingerprint density at radius 2 is 2.38 bits per heavy atom. The minimum atomic E-state index is -0.911. The fourth-order valence-corrected chi connectivity index (χ4v) is 1.53. The number of hydrogen-bond donors (Lipinski definition) is 1. The van der Waals surface area contributed by atoms with Crippen molar-refractivity contribution in [3.8, 4) is 5.75 Å². The van der Waals surface area contributed by atoms with Crippen LogP contribution in [0.1, 0.15) is 22.8 Å². The average molecular weight is 178 g/mol. The van der Waals surface area contributed by atoms with Gasteiger partial charge in [-0.25, -0.2) is 4.79 Å². The van der Waals surface area contributed by atoms with Crippen molar-refractivity contribution in [2.75, 3.05) is 0 Å². The monoisotopic (exact) mass is 178 g/mol. The van der Waals surface area contributed by atoms with E-state index in [2.05, 4.69) is 0 Å². The maximum absolute atomic E-state index is 10.6. The van der Waals surface area contributed by atoms with Crippen molar-refractivity contribution in [3.63, 3.8) is 0 Å². The van der Waals surface area contributed by atoms with Crippen LogP contribution in [-0.4, -0.2) is 17.2 Å². The molecule has 0 saturated carbocycles. The second kappa shape index (κ2) is 2.76. The van der Waals surface area contributed by atoms with Gasteiger partial charge in [-0.15, -0.1) is 0 Å². The van der Waals surface area contributed by atoms with Crippen molar-refractivity contribution in [2.45, 2.75) is 19.4 Å². The highest BCUT2D eigenvalue weighted by Crippen LogP contribution is 2.29. The average Bonchev–Trinajstić information content (AvgIpc) is 2.42. The molecule has 0 bridgehead atoms. The number of benzene rings is 1. The zero-order valence-corrected chi connectivity index (χ0v) is 7.28. The van der Waals surface area contributed by atoms with E-state index >= 15 is 0 Å². The number of carboxylic acids is 1. The molecule has 0 fully saturated rings. The molecule has 3 nitrogen and oxygen atoms in total. The summed E-state index contributed by atoms with van der Waals surface area (Å²) in [5.74, 6) is -0.196. The van der Waals surface area contributed by atoms with Gasteiger partial charge in [-0.3, -0.25) is 0 Å². The summed E-state index contributed by atoms with van der Waals surface area (Å²) in [4.78, 5) is 10.6.